The molecule has 0 aliphatic heterocycles. The van der Waals surface area contributed by atoms with Crippen LogP contribution in [0.3, 0.4) is 0 Å². The van der Waals surface area contributed by atoms with Crippen molar-refractivity contribution < 1.29 is 9.13 Å². The van der Waals surface area contributed by atoms with Crippen LogP contribution < -0.4 is 15.4 Å². The zero-order valence-corrected chi connectivity index (χ0v) is 18.4. The Hall–Kier alpha value is -1.42. The highest BCUT2D eigenvalue weighted by Gasteiger charge is 2.05. The van der Waals surface area contributed by atoms with Crippen LogP contribution in [0.25, 0.3) is 0 Å². The van der Waals surface area contributed by atoms with Crippen molar-refractivity contribution in [3.05, 3.63) is 46.2 Å². The number of guanidine groups is 1. The first kappa shape index (κ1) is 22.6. The quantitative estimate of drug-likeness (QED) is 0.335. The number of hydrogen-bond acceptors (Lipinski definition) is 4. The summed E-state index contributed by atoms with van der Waals surface area (Å²) in [6.45, 7) is 8.03. The van der Waals surface area contributed by atoms with Crippen LogP contribution in [0.1, 0.15) is 24.5 Å². The van der Waals surface area contributed by atoms with Crippen molar-refractivity contribution in [1.82, 2.24) is 15.6 Å². The van der Waals surface area contributed by atoms with Gasteiger partial charge in [-0.2, -0.15) is 0 Å². The molecule has 0 fully saturated rings. The average Bonchev–Trinajstić information content (AvgIpc) is 3.00. The number of aryl methyl sites for hydroxylation is 1. The predicted octanol–water partition coefficient (Wildman–Crippen LogP) is 3.77. The zero-order valence-electron chi connectivity index (χ0n) is 15.3. The normalized spacial score (nSPS) is 12.2. The lowest BCUT2D eigenvalue weighted by molar-refractivity contribution is 0.230. The van der Waals surface area contributed by atoms with E-state index >= 15 is 0 Å². The minimum atomic E-state index is -0.271. The number of hydrogen-bond donors (Lipinski definition) is 2. The van der Waals surface area contributed by atoms with E-state index in [1.54, 1.807) is 23.5 Å². The summed E-state index contributed by atoms with van der Waals surface area (Å²) in [6.07, 6.45) is 0.748. The second-order valence-corrected chi connectivity index (χ2v) is 6.70. The zero-order chi connectivity index (χ0) is 18.1. The van der Waals surface area contributed by atoms with Crippen LogP contribution in [0.2, 0.25) is 0 Å². The highest BCUT2D eigenvalue weighted by Crippen LogP contribution is 2.13. The van der Waals surface area contributed by atoms with E-state index in [4.69, 9.17) is 4.74 Å². The van der Waals surface area contributed by atoms with Gasteiger partial charge in [0.25, 0.3) is 0 Å². The number of nitrogens with zero attached hydrogens (tertiary/aromatic N) is 2. The van der Waals surface area contributed by atoms with E-state index in [2.05, 4.69) is 26.0 Å². The summed E-state index contributed by atoms with van der Waals surface area (Å²) in [5, 5.41) is 9.69. The lowest BCUT2D eigenvalue weighted by atomic mass is 10.3. The highest BCUT2D eigenvalue weighted by molar-refractivity contribution is 14.0. The number of nitrogens with one attached hydrogen (secondary N) is 2. The largest absolute Gasteiger partial charge is 0.489 e. The van der Waals surface area contributed by atoms with Crippen molar-refractivity contribution in [3.63, 3.8) is 0 Å². The number of aliphatic imine (C=N–C) groups is 1. The summed E-state index contributed by atoms with van der Waals surface area (Å²) < 4.78 is 18.6. The minimum Gasteiger partial charge on any atom is -0.489 e. The molecule has 144 valence electrons. The molecule has 0 spiro atoms. The summed E-state index contributed by atoms with van der Waals surface area (Å²) in [6, 6.07) is 6.01. The molecule has 26 heavy (non-hydrogen) atoms. The number of aromatic nitrogens is 1. The molecule has 8 heteroatoms. The lowest BCUT2D eigenvalue weighted by Gasteiger charge is -2.15. The Balaban J connectivity index is 0.00000338. The fraction of sp³-hybridized carbons (Fsp3) is 0.444. The monoisotopic (exact) mass is 492 g/mol. The standard InChI is InChI=1S/C18H25FN4OS.HI/c1-4-20-18(21-10-9-16-12-25-14(3)23-16)22-11-13(2)24-17-7-5-15(19)6-8-17;/h5-8,12-13H,4,9-11H2,1-3H3,(H2,20,21,22);1H. The second-order valence-electron chi connectivity index (χ2n) is 5.64. The van der Waals surface area contributed by atoms with E-state index in [1.165, 1.54) is 12.1 Å². The van der Waals surface area contributed by atoms with Crippen LogP contribution in [0.5, 0.6) is 5.75 Å². The molecule has 2 N–H and O–H groups in total. The van der Waals surface area contributed by atoms with Gasteiger partial charge in [-0.05, 0) is 45.0 Å². The molecule has 1 aromatic heterocycles. The summed E-state index contributed by atoms with van der Waals surface area (Å²) >= 11 is 1.66. The molecule has 0 radical (unpaired) electrons. The predicted molar refractivity (Wildman–Crippen MR) is 116 cm³/mol. The Kier molecular flexibility index (Phi) is 10.5. The molecule has 0 aliphatic carbocycles. The smallest absolute Gasteiger partial charge is 0.191 e. The van der Waals surface area contributed by atoms with Gasteiger partial charge >= 0.3 is 0 Å². The molecule has 1 heterocycles. The topological polar surface area (TPSA) is 58.5 Å². The average molecular weight is 492 g/mol. The Morgan fingerprint density at radius 1 is 1.31 bits per heavy atom. The van der Waals surface area contributed by atoms with Gasteiger partial charge in [-0.3, -0.25) is 0 Å². The summed E-state index contributed by atoms with van der Waals surface area (Å²) in [5.74, 6) is 1.12. The lowest BCUT2D eigenvalue weighted by Crippen LogP contribution is -2.39. The first-order valence-corrected chi connectivity index (χ1v) is 9.30. The van der Waals surface area contributed by atoms with Crippen LogP contribution in [0.4, 0.5) is 4.39 Å². The highest BCUT2D eigenvalue weighted by atomic mass is 127. The summed E-state index contributed by atoms with van der Waals surface area (Å²) in [5.41, 5.74) is 1.10. The van der Waals surface area contributed by atoms with Gasteiger partial charge < -0.3 is 15.4 Å². The van der Waals surface area contributed by atoms with Crippen LogP contribution in [0, 0.1) is 12.7 Å². The van der Waals surface area contributed by atoms with E-state index < -0.39 is 0 Å². The van der Waals surface area contributed by atoms with E-state index in [9.17, 15) is 4.39 Å². The van der Waals surface area contributed by atoms with Gasteiger partial charge in [0.2, 0.25) is 0 Å². The van der Waals surface area contributed by atoms with Gasteiger partial charge in [0.1, 0.15) is 17.7 Å². The number of ether oxygens (including phenoxy) is 1. The summed E-state index contributed by atoms with van der Waals surface area (Å²) in [4.78, 5) is 8.99. The van der Waals surface area contributed by atoms with Crippen molar-refractivity contribution in [2.45, 2.75) is 33.3 Å². The third-order valence-corrected chi connectivity index (χ3v) is 4.16. The SMILES string of the molecule is CCNC(=NCC(C)Oc1ccc(F)cc1)NCCc1csc(C)n1.I. The molecule has 0 bridgehead atoms. The molecular formula is C18H26FIN4OS. The maximum atomic E-state index is 12.9. The van der Waals surface area contributed by atoms with Gasteiger partial charge in [-0.1, -0.05) is 0 Å². The van der Waals surface area contributed by atoms with Gasteiger partial charge in [0.05, 0.1) is 17.2 Å². The number of benzene rings is 1. The molecule has 0 aliphatic rings. The van der Waals surface area contributed by atoms with Crippen LogP contribution in [0.15, 0.2) is 34.6 Å². The molecule has 5 nitrogen and oxygen atoms in total. The molecule has 1 unspecified atom stereocenters. The Morgan fingerprint density at radius 2 is 2.04 bits per heavy atom. The van der Waals surface area contributed by atoms with Crippen molar-refractivity contribution in [1.29, 1.82) is 0 Å². The van der Waals surface area contributed by atoms with Gasteiger partial charge in [0, 0.05) is 24.9 Å². The first-order chi connectivity index (χ1) is 12.1. The van der Waals surface area contributed by atoms with Crippen molar-refractivity contribution in [3.8, 4) is 5.75 Å². The second kappa shape index (κ2) is 12.1. The minimum absolute atomic E-state index is 0. The van der Waals surface area contributed by atoms with Crippen LogP contribution in [-0.2, 0) is 6.42 Å². The first-order valence-electron chi connectivity index (χ1n) is 8.42. The molecule has 0 saturated heterocycles. The van der Waals surface area contributed by atoms with Crippen molar-refractivity contribution in [2.24, 2.45) is 4.99 Å². The van der Waals surface area contributed by atoms with Gasteiger partial charge in [-0.15, -0.1) is 35.3 Å². The molecular weight excluding hydrogens is 466 g/mol. The Bertz CT molecular complexity index is 678. The number of halogens is 2. The maximum Gasteiger partial charge on any atom is 0.191 e. The Morgan fingerprint density at radius 3 is 2.65 bits per heavy atom. The summed E-state index contributed by atoms with van der Waals surface area (Å²) in [7, 11) is 0. The van der Waals surface area contributed by atoms with Gasteiger partial charge in [0.15, 0.2) is 5.96 Å². The van der Waals surface area contributed by atoms with Crippen LogP contribution >= 0.6 is 35.3 Å². The van der Waals surface area contributed by atoms with E-state index in [0.29, 0.717) is 12.3 Å². The molecule has 1 aromatic carbocycles. The van der Waals surface area contributed by atoms with Crippen molar-refractivity contribution >= 4 is 41.3 Å². The molecule has 1 atom stereocenters. The van der Waals surface area contributed by atoms with Crippen LogP contribution in [-0.4, -0.2) is 36.7 Å². The van der Waals surface area contributed by atoms with E-state index in [1.807, 2.05) is 20.8 Å². The maximum absolute atomic E-state index is 12.9. The fourth-order valence-corrected chi connectivity index (χ4v) is 2.82. The third-order valence-electron chi connectivity index (χ3n) is 3.34. The molecule has 0 amide bonds. The third kappa shape index (κ3) is 8.31. The fourth-order valence-electron chi connectivity index (χ4n) is 2.18. The Labute approximate surface area is 175 Å². The van der Waals surface area contributed by atoms with Crippen molar-refractivity contribution in [2.75, 3.05) is 19.6 Å². The molecule has 0 saturated carbocycles. The number of thiazole rings is 1. The van der Waals surface area contributed by atoms with E-state index in [-0.39, 0.29) is 35.9 Å². The molecule has 2 aromatic rings. The van der Waals surface area contributed by atoms with Gasteiger partial charge in [-0.25, -0.2) is 14.4 Å². The number of rotatable bonds is 8. The molecule has 2 rings (SSSR count). The van der Waals surface area contributed by atoms with E-state index in [0.717, 1.165) is 36.2 Å².